The van der Waals surface area contributed by atoms with E-state index in [9.17, 15) is 5.11 Å². The smallest absolute Gasteiger partial charge is 0.205 e. The molecule has 5 nitrogen and oxygen atoms in total. The van der Waals surface area contributed by atoms with Crippen LogP contribution in [-0.4, -0.2) is 12.2 Å². The van der Waals surface area contributed by atoms with Crippen LogP contribution in [0.2, 0.25) is 0 Å². The van der Waals surface area contributed by atoms with E-state index in [-0.39, 0.29) is 5.75 Å². The first-order valence-electron chi connectivity index (χ1n) is 14.4. The molecule has 0 saturated carbocycles. The molecular weight excluding hydrogens is 534 g/mol. The SMILES string of the molecule is CC[n+]1c(/C=C/c2ccc(O)c(OCc3ccccc3)c2)cccc1/C=C/c1ccc(OC)c(OCc2ccccc2)c1. The molecule has 0 bridgehead atoms. The van der Waals surface area contributed by atoms with Gasteiger partial charge in [0.1, 0.15) is 19.8 Å². The van der Waals surface area contributed by atoms with Crippen molar-refractivity contribution >= 4 is 24.3 Å². The highest BCUT2D eigenvalue weighted by Crippen LogP contribution is 2.30. The van der Waals surface area contributed by atoms with Crippen molar-refractivity contribution in [2.45, 2.75) is 26.7 Å². The van der Waals surface area contributed by atoms with E-state index >= 15 is 0 Å². The lowest BCUT2D eigenvalue weighted by molar-refractivity contribution is -0.696. The van der Waals surface area contributed by atoms with Gasteiger partial charge in [-0.2, -0.15) is 4.57 Å². The number of phenols is 1. The van der Waals surface area contributed by atoms with E-state index in [1.807, 2.05) is 97.1 Å². The van der Waals surface area contributed by atoms with Crippen LogP contribution in [-0.2, 0) is 19.8 Å². The average Bonchev–Trinajstić information content (AvgIpc) is 3.06. The number of rotatable bonds is 12. The fraction of sp³-hybridized carbons (Fsp3) is 0.132. The topological polar surface area (TPSA) is 51.8 Å². The van der Waals surface area contributed by atoms with Gasteiger partial charge < -0.3 is 19.3 Å². The Morgan fingerprint density at radius 2 is 1.12 bits per heavy atom. The van der Waals surface area contributed by atoms with E-state index < -0.39 is 0 Å². The van der Waals surface area contributed by atoms with Crippen LogP contribution >= 0.6 is 0 Å². The molecular formula is C38H36NO4+. The van der Waals surface area contributed by atoms with Crippen LogP contribution < -0.4 is 18.8 Å². The highest BCUT2D eigenvalue weighted by atomic mass is 16.5. The minimum Gasteiger partial charge on any atom is -0.504 e. The van der Waals surface area contributed by atoms with Crippen LogP contribution in [0.3, 0.4) is 0 Å². The van der Waals surface area contributed by atoms with Crippen molar-refractivity contribution in [2.75, 3.05) is 7.11 Å². The lowest BCUT2D eigenvalue weighted by atomic mass is 10.1. The second-order valence-corrected chi connectivity index (χ2v) is 9.97. The number of nitrogens with zero attached hydrogens (tertiary/aromatic N) is 1. The van der Waals surface area contributed by atoms with E-state index in [0.29, 0.717) is 30.5 Å². The van der Waals surface area contributed by atoms with E-state index in [1.165, 1.54) is 0 Å². The fourth-order valence-electron chi connectivity index (χ4n) is 4.72. The molecule has 0 atom stereocenters. The summed E-state index contributed by atoms with van der Waals surface area (Å²) in [7, 11) is 1.65. The first-order valence-corrected chi connectivity index (χ1v) is 14.4. The van der Waals surface area contributed by atoms with Gasteiger partial charge in [0.25, 0.3) is 0 Å². The number of aromatic hydroxyl groups is 1. The van der Waals surface area contributed by atoms with Gasteiger partial charge in [0.05, 0.1) is 7.11 Å². The number of aromatic nitrogens is 1. The predicted octanol–water partition coefficient (Wildman–Crippen LogP) is 8.21. The molecule has 0 amide bonds. The fourth-order valence-corrected chi connectivity index (χ4v) is 4.72. The van der Waals surface area contributed by atoms with Crippen LogP contribution in [0.5, 0.6) is 23.0 Å². The maximum atomic E-state index is 10.3. The number of hydrogen-bond donors (Lipinski definition) is 1. The van der Waals surface area contributed by atoms with E-state index in [4.69, 9.17) is 14.2 Å². The summed E-state index contributed by atoms with van der Waals surface area (Å²) in [5, 5.41) is 10.3. The highest BCUT2D eigenvalue weighted by Gasteiger charge is 2.12. The van der Waals surface area contributed by atoms with Gasteiger partial charge in [0.15, 0.2) is 23.0 Å². The first kappa shape index (κ1) is 29.2. The molecule has 0 spiro atoms. The second kappa shape index (κ2) is 14.6. The Kier molecular flexibility index (Phi) is 9.89. The van der Waals surface area contributed by atoms with Gasteiger partial charge in [-0.3, -0.25) is 0 Å². The summed E-state index contributed by atoms with van der Waals surface area (Å²) in [6, 6.07) is 37.6. The Labute approximate surface area is 253 Å². The molecule has 4 aromatic carbocycles. The molecule has 0 saturated heterocycles. The Morgan fingerprint density at radius 3 is 1.67 bits per heavy atom. The van der Waals surface area contributed by atoms with Crippen molar-refractivity contribution in [3.05, 3.63) is 149 Å². The molecule has 0 fully saturated rings. The minimum atomic E-state index is 0.121. The molecule has 43 heavy (non-hydrogen) atoms. The second-order valence-electron chi connectivity index (χ2n) is 9.97. The number of hydrogen-bond acceptors (Lipinski definition) is 4. The molecule has 5 rings (SSSR count). The van der Waals surface area contributed by atoms with E-state index in [1.54, 1.807) is 13.2 Å². The molecule has 1 aromatic heterocycles. The summed E-state index contributed by atoms with van der Waals surface area (Å²) in [6.45, 7) is 3.79. The van der Waals surface area contributed by atoms with Crippen LogP contribution in [0.15, 0.2) is 115 Å². The first-order chi connectivity index (χ1) is 21.1. The Balaban J connectivity index is 1.32. The maximum Gasteiger partial charge on any atom is 0.205 e. The van der Waals surface area contributed by atoms with E-state index in [0.717, 1.165) is 40.2 Å². The lowest BCUT2D eigenvalue weighted by Gasteiger charge is -2.11. The van der Waals surface area contributed by atoms with Crippen molar-refractivity contribution in [1.82, 2.24) is 0 Å². The molecule has 0 aliphatic heterocycles. The summed E-state index contributed by atoms with van der Waals surface area (Å²) in [6.07, 6.45) is 8.31. The molecule has 1 N–H and O–H groups in total. The summed E-state index contributed by atoms with van der Waals surface area (Å²) in [4.78, 5) is 0. The van der Waals surface area contributed by atoms with Gasteiger partial charge in [-0.15, -0.1) is 0 Å². The van der Waals surface area contributed by atoms with Gasteiger partial charge >= 0.3 is 0 Å². The standard InChI is InChI=1S/C38H35NO4/c1-3-39-33(21-17-29-19-23-35(40)37(25-29)42-27-31-11-6-4-7-12-31)15-10-16-34(39)22-18-30-20-24-36(41-2)38(26-30)43-28-32-13-8-5-9-14-32/h4-26H,3,27-28H2,1-2H3/p+1/b22-18+. The third-order valence-electron chi connectivity index (χ3n) is 7.01. The van der Waals surface area contributed by atoms with Crippen LogP contribution in [0.1, 0.15) is 40.6 Å². The van der Waals surface area contributed by atoms with Crippen molar-refractivity contribution in [1.29, 1.82) is 0 Å². The lowest BCUT2D eigenvalue weighted by Crippen LogP contribution is -2.38. The summed E-state index contributed by atoms with van der Waals surface area (Å²) in [5.41, 5.74) is 6.23. The third-order valence-corrected chi connectivity index (χ3v) is 7.01. The molecule has 5 aromatic rings. The molecule has 216 valence electrons. The van der Waals surface area contributed by atoms with Crippen molar-refractivity contribution < 1.29 is 23.9 Å². The zero-order valence-corrected chi connectivity index (χ0v) is 24.5. The average molecular weight is 571 g/mol. The van der Waals surface area contributed by atoms with E-state index in [2.05, 4.69) is 47.9 Å². The summed E-state index contributed by atoms with van der Waals surface area (Å²) in [5.74, 6) is 1.98. The summed E-state index contributed by atoms with van der Waals surface area (Å²) < 4.78 is 19.8. The zero-order chi connectivity index (χ0) is 29.9. The molecule has 1 heterocycles. The van der Waals surface area contributed by atoms with Crippen molar-refractivity contribution in [2.24, 2.45) is 0 Å². The van der Waals surface area contributed by atoms with Gasteiger partial charge in [-0.25, -0.2) is 0 Å². The third kappa shape index (κ3) is 7.92. The summed E-state index contributed by atoms with van der Waals surface area (Å²) >= 11 is 0. The maximum absolute atomic E-state index is 10.3. The number of pyridine rings is 1. The molecule has 0 unspecified atom stereocenters. The zero-order valence-electron chi connectivity index (χ0n) is 24.5. The number of methoxy groups -OCH3 is 1. The molecule has 0 aliphatic rings. The van der Waals surface area contributed by atoms with Crippen molar-refractivity contribution in [3.8, 4) is 23.0 Å². The van der Waals surface area contributed by atoms with Crippen LogP contribution in [0.4, 0.5) is 0 Å². The Hall–Kier alpha value is -5.29. The molecule has 0 aliphatic carbocycles. The molecule has 5 heteroatoms. The highest BCUT2D eigenvalue weighted by molar-refractivity contribution is 5.71. The monoisotopic (exact) mass is 570 g/mol. The largest absolute Gasteiger partial charge is 0.504 e. The molecule has 0 radical (unpaired) electrons. The minimum absolute atomic E-state index is 0.121. The predicted molar refractivity (Wildman–Crippen MR) is 173 cm³/mol. The van der Waals surface area contributed by atoms with Crippen molar-refractivity contribution in [3.63, 3.8) is 0 Å². The van der Waals surface area contributed by atoms with Gasteiger partial charge in [0.2, 0.25) is 11.4 Å². The quantitative estimate of drug-likeness (QED) is 0.154. The normalized spacial score (nSPS) is 11.2. The van der Waals surface area contributed by atoms with Crippen LogP contribution in [0, 0.1) is 0 Å². The Bertz CT molecular complexity index is 1690. The van der Waals surface area contributed by atoms with Gasteiger partial charge in [-0.05, 0) is 71.7 Å². The van der Waals surface area contributed by atoms with Crippen LogP contribution in [0.25, 0.3) is 24.3 Å². The number of phenolic OH excluding ortho intramolecular Hbond substituents is 1. The van der Waals surface area contributed by atoms with Gasteiger partial charge in [0, 0.05) is 24.3 Å². The van der Waals surface area contributed by atoms with Gasteiger partial charge in [-0.1, -0.05) is 72.8 Å². The Morgan fingerprint density at radius 1 is 0.581 bits per heavy atom. The number of ether oxygens (including phenoxy) is 3. The number of benzene rings is 4.